The lowest BCUT2D eigenvalue weighted by molar-refractivity contribution is 0.133. The number of rotatable bonds is 4. The Hall–Kier alpha value is -0.583. The zero-order chi connectivity index (χ0) is 12.3. The van der Waals surface area contributed by atoms with Gasteiger partial charge in [0.2, 0.25) is 0 Å². The van der Waals surface area contributed by atoms with Gasteiger partial charge in [0.25, 0.3) is 0 Å². The fourth-order valence-corrected chi connectivity index (χ4v) is 4.06. The van der Waals surface area contributed by atoms with E-state index in [1.807, 2.05) is 6.07 Å². The van der Waals surface area contributed by atoms with Gasteiger partial charge in [-0.15, -0.1) is 0 Å². The minimum atomic E-state index is -0.941. The van der Waals surface area contributed by atoms with Gasteiger partial charge in [0.15, 0.2) is 0 Å². The van der Waals surface area contributed by atoms with Crippen molar-refractivity contribution in [2.75, 3.05) is 32.3 Å². The van der Waals surface area contributed by atoms with Gasteiger partial charge in [0, 0.05) is 26.2 Å². The average Bonchev–Trinajstić information content (AvgIpc) is 2.71. The maximum atomic E-state index is 5.40. The summed E-state index contributed by atoms with van der Waals surface area (Å²) in [5.41, 5.74) is 0. The molecule has 0 saturated carbocycles. The molecule has 0 bridgehead atoms. The van der Waals surface area contributed by atoms with Crippen LogP contribution in [-0.2, 0) is 6.54 Å². The van der Waals surface area contributed by atoms with Crippen molar-refractivity contribution in [1.29, 1.82) is 0 Å². The Balaban J connectivity index is 1.74. The van der Waals surface area contributed by atoms with Crippen molar-refractivity contribution in [1.82, 2.24) is 9.80 Å². The first kappa shape index (κ1) is 12.9. The van der Waals surface area contributed by atoms with Crippen LogP contribution in [-0.4, -0.2) is 50.2 Å². The van der Waals surface area contributed by atoms with Crippen LogP contribution >= 0.6 is 0 Å². The van der Waals surface area contributed by atoms with Gasteiger partial charge >= 0.3 is 0 Å². The number of nitrogens with zero attached hydrogens (tertiary/aromatic N) is 2. The Kier molecular flexibility index (Phi) is 4.07. The Morgan fingerprint density at radius 3 is 2.29 bits per heavy atom. The molecule has 2 rings (SSSR count). The van der Waals surface area contributed by atoms with E-state index in [1.165, 1.54) is 32.3 Å². The quantitative estimate of drug-likeness (QED) is 0.767. The molecule has 2 heterocycles. The molecule has 1 aliphatic rings. The third-order valence-electron chi connectivity index (χ3n) is 3.12. The average molecular weight is 252 g/mol. The highest BCUT2D eigenvalue weighted by atomic mass is 28.3. The molecule has 4 heteroatoms. The maximum absolute atomic E-state index is 5.40. The fraction of sp³-hybridized carbons (Fsp3) is 0.692. The van der Waals surface area contributed by atoms with Crippen LogP contribution in [0, 0.1) is 0 Å². The van der Waals surface area contributed by atoms with Crippen molar-refractivity contribution in [2.45, 2.75) is 26.2 Å². The van der Waals surface area contributed by atoms with Crippen LogP contribution < -0.4 is 0 Å². The van der Waals surface area contributed by atoms with Gasteiger partial charge in [-0.05, 0) is 18.3 Å². The van der Waals surface area contributed by atoms with Crippen LogP contribution in [0.3, 0.4) is 0 Å². The SMILES string of the molecule is C[Si](C)(C)CN1CCN(Cc2ccco2)CC1. The van der Waals surface area contributed by atoms with E-state index in [1.54, 1.807) is 6.26 Å². The van der Waals surface area contributed by atoms with Gasteiger partial charge in [-0.3, -0.25) is 4.90 Å². The topological polar surface area (TPSA) is 19.6 Å². The standard InChI is InChI=1S/C13H24N2OSi/c1-17(2,3)12-15-8-6-14(7-9-15)11-13-5-4-10-16-13/h4-5,10H,6-9,11-12H2,1-3H3. The van der Waals surface area contributed by atoms with Crippen LogP contribution in [0.1, 0.15) is 5.76 Å². The summed E-state index contributed by atoms with van der Waals surface area (Å²) in [6, 6.07) is 4.03. The van der Waals surface area contributed by atoms with Gasteiger partial charge < -0.3 is 9.32 Å². The molecule has 1 aromatic heterocycles. The number of hydrogen-bond donors (Lipinski definition) is 0. The van der Waals surface area contributed by atoms with Crippen molar-refractivity contribution in [3.05, 3.63) is 24.2 Å². The first-order valence-corrected chi connectivity index (χ1v) is 10.2. The van der Waals surface area contributed by atoms with Gasteiger partial charge in [-0.1, -0.05) is 19.6 Å². The molecule has 0 spiro atoms. The normalized spacial score (nSPS) is 19.7. The van der Waals surface area contributed by atoms with E-state index in [9.17, 15) is 0 Å². The lowest BCUT2D eigenvalue weighted by Crippen LogP contribution is -2.50. The molecule has 17 heavy (non-hydrogen) atoms. The summed E-state index contributed by atoms with van der Waals surface area (Å²) >= 11 is 0. The molecule has 0 aliphatic carbocycles. The molecule has 1 saturated heterocycles. The minimum Gasteiger partial charge on any atom is -0.468 e. The fourth-order valence-electron chi connectivity index (χ4n) is 2.40. The smallest absolute Gasteiger partial charge is 0.117 e. The molecule has 0 aromatic carbocycles. The molecule has 96 valence electrons. The number of piperazine rings is 1. The number of hydrogen-bond acceptors (Lipinski definition) is 3. The second-order valence-corrected chi connectivity index (χ2v) is 11.6. The Morgan fingerprint density at radius 1 is 1.12 bits per heavy atom. The van der Waals surface area contributed by atoms with E-state index in [0.717, 1.165) is 12.3 Å². The van der Waals surface area contributed by atoms with E-state index >= 15 is 0 Å². The van der Waals surface area contributed by atoms with E-state index in [-0.39, 0.29) is 0 Å². The summed E-state index contributed by atoms with van der Waals surface area (Å²) < 4.78 is 5.40. The van der Waals surface area contributed by atoms with Crippen molar-refractivity contribution in [3.63, 3.8) is 0 Å². The third kappa shape index (κ3) is 4.30. The highest BCUT2D eigenvalue weighted by Crippen LogP contribution is 2.11. The predicted octanol–water partition coefficient (Wildman–Crippen LogP) is 2.27. The first-order chi connectivity index (χ1) is 8.03. The van der Waals surface area contributed by atoms with Crippen LogP contribution in [0.2, 0.25) is 19.6 Å². The van der Waals surface area contributed by atoms with Crippen LogP contribution in [0.25, 0.3) is 0 Å². The van der Waals surface area contributed by atoms with Crippen molar-refractivity contribution in [3.8, 4) is 0 Å². The van der Waals surface area contributed by atoms with Crippen molar-refractivity contribution in [2.24, 2.45) is 0 Å². The highest BCUT2D eigenvalue weighted by molar-refractivity contribution is 6.76. The lowest BCUT2D eigenvalue weighted by atomic mass is 10.3. The molecule has 1 fully saturated rings. The second-order valence-electron chi connectivity index (χ2n) is 6.19. The summed E-state index contributed by atoms with van der Waals surface area (Å²) in [6.07, 6.45) is 3.10. The van der Waals surface area contributed by atoms with Gasteiger partial charge in [0.1, 0.15) is 5.76 Å². The third-order valence-corrected chi connectivity index (χ3v) is 4.52. The first-order valence-electron chi connectivity index (χ1n) is 6.50. The molecule has 0 unspecified atom stereocenters. The second kappa shape index (κ2) is 5.37. The molecule has 3 nitrogen and oxygen atoms in total. The Labute approximate surface area is 105 Å². The van der Waals surface area contributed by atoms with E-state index in [2.05, 4.69) is 35.5 Å². The molecule has 1 aliphatic heterocycles. The van der Waals surface area contributed by atoms with Crippen molar-refractivity contribution < 1.29 is 4.42 Å². The molecule has 1 aromatic rings. The van der Waals surface area contributed by atoms with E-state index in [0.29, 0.717) is 0 Å². The molecule has 0 atom stereocenters. The lowest BCUT2D eigenvalue weighted by Gasteiger charge is -2.37. The van der Waals surface area contributed by atoms with E-state index in [4.69, 9.17) is 4.42 Å². The Morgan fingerprint density at radius 2 is 1.76 bits per heavy atom. The zero-order valence-electron chi connectivity index (χ0n) is 11.3. The molecule has 0 amide bonds. The summed E-state index contributed by atoms with van der Waals surface area (Å²) in [4.78, 5) is 5.12. The van der Waals surface area contributed by atoms with Gasteiger partial charge in [0.05, 0.1) is 20.9 Å². The summed E-state index contributed by atoms with van der Waals surface area (Å²) in [7, 11) is -0.941. The summed E-state index contributed by atoms with van der Waals surface area (Å²) in [5, 5.41) is 0. The van der Waals surface area contributed by atoms with Gasteiger partial charge in [-0.2, -0.15) is 0 Å². The monoisotopic (exact) mass is 252 g/mol. The van der Waals surface area contributed by atoms with Gasteiger partial charge in [-0.25, -0.2) is 0 Å². The molecule has 0 radical (unpaired) electrons. The predicted molar refractivity (Wildman–Crippen MR) is 73.8 cm³/mol. The van der Waals surface area contributed by atoms with Crippen LogP contribution in [0.4, 0.5) is 0 Å². The summed E-state index contributed by atoms with van der Waals surface area (Å²) in [6.45, 7) is 13.1. The molecule has 0 N–H and O–H groups in total. The molecular weight excluding hydrogens is 228 g/mol. The van der Waals surface area contributed by atoms with Crippen LogP contribution in [0.15, 0.2) is 22.8 Å². The van der Waals surface area contributed by atoms with E-state index < -0.39 is 8.07 Å². The van der Waals surface area contributed by atoms with Crippen LogP contribution in [0.5, 0.6) is 0 Å². The minimum absolute atomic E-state index is 0.941. The maximum Gasteiger partial charge on any atom is 0.117 e. The van der Waals surface area contributed by atoms with Crippen molar-refractivity contribution >= 4 is 8.07 Å². The zero-order valence-corrected chi connectivity index (χ0v) is 12.3. The largest absolute Gasteiger partial charge is 0.468 e. The Bertz CT molecular complexity index is 324. The number of furan rings is 1. The highest BCUT2D eigenvalue weighted by Gasteiger charge is 2.22. The molecular formula is C13H24N2OSi. The summed E-state index contributed by atoms with van der Waals surface area (Å²) in [5.74, 6) is 1.09.